The fraction of sp³-hybridized carbons (Fsp3) is 0.440. The molecule has 0 spiro atoms. The van der Waals surface area contributed by atoms with Crippen molar-refractivity contribution in [2.45, 2.75) is 19.0 Å². The van der Waals surface area contributed by atoms with Crippen LogP contribution < -0.4 is 10.6 Å². The summed E-state index contributed by atoms with van der Waals surface area (Å²) >= 11 is 0. The molecule has 2 saturated heterocycles. The second-order valence-electron chi connectivity index (χ2n) is 8.88. The number of anilines is 1. The van der Waals surface area contributed by atoms with E-state index < -0.39 is 0 Å². The van der Waals surface area contributed by atoms with Crippen LogP contribution in [0.25, 0.3) is 0 Å². The summed E-state index contributed by atoms with van der Waals surface area (Å²) < 4.78 is 13.0. The molecule has 7 nitrogen and oxygen atoms in total. The number of nitrogens with one attached hydrogen (secondary N) is 2. The molecule has 1 atom stereocenters. The number of amides is 2. The zero-order valence-corrected chi connectivity index (χ0v) is 18.9. The van der Waals surface area contributed by atoms with Gasteiger partial charge >= 0.3 is 0 Å². The van der Waals surface area contributed by atoms with Gasteiger partial charge in [0.2, 0.25) is 11.8 Å². The van der Waals surface area contributed by atoms with E-state index in [1.807, 2.05) is 6.07 Å². The minimum atomic E-state index is -0.328. The Hall–Kier alpha value is -2.81. The number of nitrogens with zero attached hydrogens (tertiary/aromatic N) is 3. The number of benzene rings is 2. The van der Waals surface area contributed by atoms with E-state index in [0.717, 1.165) is 52.2 Å². The van der Waals surface area contributed by atoms with Gasteiger partial charge in [-0.3, -0.25) is 24.3 Å². The van der Waals surface area contributed by atoms with Crippen molar-refractivity contribution in [2.24, 2.45) is 0 Å². The number of carbonyl (C=O) groups excluding carboxylic acids is 2. The van der Waals surface area contributed by atoms with Crippen LogP contribution in [-0.4, -0.2) is 84.9 Å². The fourth-order valence-corrected chi connectivity index (χ4v) is 4.45. The highest BCUT2D eigenvalue weighted by molar-refractivity contribution is 5.92. The maximum Gasteiger partial charge on any atom is 0.238 e. The molecule has 2 heterocycles. The fourth-order valence-electron chi connectivity index (χ4n) is 4.45. The molecule has 0 unspecified atom stereocenters. The van der Waals surface area contributed by atoms with Gasteiger partial charge in [-0.1, -0.05) is 30.3 Å². The molecule has 0 bridgehead atoms. The molecule has 0 aromatic heterocycles. The number of piperazine rings is 1. The summed E-state index contributed by atoms with van der Waals surface area (Å²) in [5.74, 6) is -0.372. The highest BCUT2D eigenvalue weighted by Gasteiger charge is 2.25. The van der Waals surface area contributed by atoms with E-state index in [4.69, 9.17) is 0 Å². The maximum absolute atomic E-state index is 13.0. The monoisotopic (exact) mass is 453 g/mol. The summed E-state index contributed by atoms with van der Waals surface area (Å²) in [7, 11) is 0. The van der Waals surface area contributed by atoms with Gasteiger partial charge < -0.3 is 10.6 Å². The number of halogens is 1. The lowest BCUT2D eigenvalue weighted by molar-refractivity contribution is -0.124. The molecule has 176 valence electrons. The van der Waals surface area contributed by atoms with Crippen molar-refractivity contribution < 1.29 is 14.0 Å². The minimum absolute atomic E-state index is 0.0732. The number of carbonyl (C=O) groups is 2. The lowest BCUT2D eigenvalue weighted by Gasteiger charge is -2.34. The second-order valence-corrected chi connectivity index (χ2v) is 8.88. The van der Waals surface area contributed by atoms with Crippen molar-refractivity contribution in [1.82, 2.24) is 20.0 Å². The van der Waals surface area contributed by atoms with E-state index in [2.05, 4.69) is 49.6 Å². The zero-order chi connectivity index (χ0) is 23.0. The maximum atomic E-state index is 13.0. The van der Waals surface area contributed by atoms with Crippen LogP contribution in [0.2, 0.25) is 0 Å². The van der Waals surface area contributed by atoms with Crippen LogP contribution in [0.5, 0.6) is 0 Å². The average Bonchev–Trinajstić information content (AvgIpc) is 3.24. The average molecular weight is 454 g/mol. The first-order chi connectivity index (χ1) is 16.0. The van der Waals surface area contributed by atoms with Gasteiger partial charge in [0.25, 0.3) is 0 Å². The predicted octanol–water partition coefficient (Wildman–Crippen LogP) is 1.77. The quantitative estimate of drug-likeness (QED) is 0.638. The summed E-state index contributed by atoms with van der Waals surface area (Å²) in [6.07, 6.45) is 0.982. The Morgan fingerprint density at radius 2 is 1.45 bits per heavy atom. The molecule has 2 aromatic carbocycles. The first-order valence-electron chi connectivity index (χ1n) is 11.6. The molecule has 2 amide bonds. The Balaban J connectivity index is 1.12. The number of rotatable bonds is 8. The van der Waals surface area contributed by atoms with Gasteiger partial charge in [0.15, 0.2) is 0 Å². The molecular weight excluding hydrogens is 421 g/mol. The summed E-state index contributed by atoms with van der Waals surface area (Å²) in [5, 5.41) is 5.98. The molecule has 2 aliphatic heterocycles. The van der Waals surface area contributed by atoms with Crippen LogP contribution in [0.15, 0.2) is 54.6 Å². The van der Waals surface area contributed by atoms with Gasteiger partial charge in [0.05, 0.1) is 13.1 Å². The third-order valence-corrected chi connectivity index (χ3v) is 6.21. The first kappa shape index (κ1) is 23.4. The molecule has 2 aromatic rings. The normalized spacial score (nSPS) is 20.0. The summed E-state index contributed by atoms with van der Waals surface area (Å²) in [6.45, 7) is 6.46. The molecule has 0 saturated carbocycles. The van der Waals surface area contributed by atoms with Gasteiger partial charge in [-0.2, -0.15) is 0 Å². The minimum Gasteiger partial charge on any atom is -0.351 e. The smallest absolute Gasteiger partial charge is 0.238 e. The van der Waals surface area contributed by atoms with Crippen molar-refractivity contribution in [1.29, 1.82) is 0 Å². The molecule has 33 heavy (non-hydrogen) atoms. The Labute approximate surface area is 194 Å². The molecule has 2 N–H and O–H groups in total. The molecule has 0 aliphatic carbocycles. The van der Waals surface area contributed by atoms with Crippen molar-refractivity contribution in [3.05, 3.63) is 66.0 Å². The Bertz CT molecular complexity index is 916. The van der Waals surface area contributed by atoms with Crippen LogP contribution in [0.1, 0.15) is 12.0 Å². The predicted molar refractivity (Wildman–Crippen MR) is 126 cm³/mol. The van der Waals surface area contributed by atoms with Gasteiger partial charge in [-0.25, -0.2) is 4.39 Å². The van der Waals surface area contributed by atoms with Crippen molar-refractivity contribution in [3.8, 4) is 0 Å². The van der Waals surface area contributed by atoms with E-state index in [-0.39, 0.29) is 30.2 Å². The molecule has 2 aliphatic rings. The number of likely N-dealkylation sites (tertiary alicyclic amines) is 1. The highest BCUT2D eigenvalue weighted by atomic mass is 19.1. The summed E-state index contributed by atoms with van der Waals surface area (Å²) in [6, 6.07) is 16.4. The second kappa shape index (κ2) is 11.4. The van der Waals surface area contributed by atoms with Crippen LogP contribution in [-0.2, 0) is 16.1 Å². The standard InChI is InChI=1S/C25H32FN5O2/c26-21-6-8-22(9-7-21)27-24(32)18-29-12-14-30(15-13-29)19-25(33)28-23-10-11-31(17-23)16-20-4-2-1-3-5-20/h1-9,23H,10-19H2,(H,27,32)(H,28,33)/t23-/m1/s1. The largest absolute Gasteiger partial charge is 0.351 e. The topological polar surface area (TPSA) is 67.9 Å². The van der Waals surface area contributed by atoms with Crippen molar-refractivity contribution in [2.75, 3.05) is 57.7 Å². The highest BCUT2D eigenvalue weighted by Crippen LogP contribution is 2.14. The van der Waals surface area contributed by atoms with Crippen LogP contribution in [0, 0.1) is 5.82 Å². The third kappa shape index (κ3) is 7.35. The first-order valence-corrected chi connectivity index (χ1v) is 11.6. The van der Waals surface area contributed by atoms with Crippen molar-refractivity contribution >= 4 is 17.5 Å². The van der Waals surface area contributed by atoms with E-state index in [0.29, 0.717) is 12.2 Å². The van der Waals surface area contributed by atoms with Crippen LogP contribution in [0.4, 0.5) is 10.1 Å². The Morgan fingerprint density at radius 3 is 2.12 bits per heavy atom. The Morgan fingerprint density at radius 1 is 0.818 bits per heavy atom. The lowest BCUT2D eigenvalue weighted by Crippen LogP contribution is -2.51. The van der Waals surface area contributed by atoms with E-state index in [1.165, 1.54) is 17.7 Å². The van der Waals surface area contributed by atoms with E-state index in [9.17, 15) is 14.0 Å². The molecule has 2 fully saturated rings. The molecular formula is C25H32FN5O2. The molecule has 0 radical (unpaired) electrons. The van der Waals surface area contributed by atoms with Gasteiger partial charge in [-0.15, -0.1) is 0 Å². The lowest BCUT2D eigenvalue weighted by atomic mass is 10.2. The van der Waals surface area contributed by atoms with Crippen LogP contribution in [0.3, 0.4) is 0 Å². The van der Waals surface area contributed by atoms with E-state index >= 15 is 0 Å². The third-order valence-electron chi connectivity index (χ3n) is 6.21. The van der Waals surface area contributed by atoms with Crippen LogP contribution >= 0.6 is 0 Å². The van der Waals surface area contributed by atoms with Crippen molar-refractivity contribution in [3.63, 3.8) is 0 Å². The zero-order valence-electron chi connectivity index (χ0n) is 18.9. The van der Waals surface area contributed by atoms with E-state index in [1.54, 1.807) is 12.1 Å². The summed E-state index contributed by atoms with van der Waals surface area (Å²) in [5.41, 5.74) is 1.89. The Kier molecular flexibility index (Phi) is 8.04. The molecule has 8 heteroatoms. The van der Waals surface area contributed by atoms with Gasteiger partial charge in [0, 0.05) is 57.5 Å². The SMILES string of the molecule is O=C(CN1CCN(CC(=O)N[C@@H]2CCN(Cc3ccccc3)C2)CC1)Nc1ccc(F)cc1. The number of hydrogen-bond donors (Lipinski definition) is 2. The van der Waals surface area contributed by atoms with Gasteiger partial charge in [0.1, 0.15) is 5.82 Å². The van der Waals surface area contributed by atoms with Gasteiger partial charge in [-0.05, 0) is 36.2 Å². The summed E-state index contributed by atoms with van der Waals surface area (Å²) in [4.78, 5) is 31.4. The number of hydrogen-bond acceptors (Lipinski definition) is 5. The molecule has 4 rings (SSSR count).